The number of benzene rings is 2. The minimum Gasteiger partial charge on any atom is -0.494 e. The number of imidazole rings is 1. The molecule has 0 bridgehead atoms. The zero-order chi connectivity index (χ0) is 21.2. The van der Waals surface area contributed by atoms with Crippen molar-refractivity contribution in [3.63, 3.8) is 0 Å². The number of nitrogens with zero attached hydrogens (tertiary/aromatic N) is 2. The minimum absolute atomic E-state index is 0.161. The van der Waals surface area contributed by atoms with Gasteiger partial charge in [-0.25, -0.2) is 9.78 Å². The van der Waals surface area contributed by atoms with Crippen LogP contribution in [0.3, 0.4) is 0 Å². The van der Waals surface area contributed by atoms with Gasteiger partial charge in [0.05, 0.1) is 25.2 Å². The van der Waals surface area contributed by atoms with Crippen molar-refractivity contribution in [2.45, 2.75) is 12.5 Å². The van der Waals surface area contributed by atoms with Gasteiger partial charge >= 0.3 is 6.03 Å². The maximum Gasteiger partial charge on any atom is 0.319 e. The summed E-state index contributed by atoms with van der Waals surface area (Å²) in [5, 5.41) is 6.10. The number of urea groups is 1. The summed E-state index contributed by atoms with van der Waals surface area (Å²) in [6.45, 7) is 0. The van der Waals surface area contributed by atoms with E-state index >= 15 is 0 Å². The van der Waals surface area contributed by atoms with Crippen LogP contribution in [0, 0.1) is 0 Å². The van der Waals surface area contributed by atoms with Crippen molar-refractivity contribution < 1.29 is 9.53 Å². The summed E-state index contributed by atoms with van der Waals surface area (Å²) in [4.78, 5) is 17.0. The molecule has 0 radical (unpaired) electrons. The molecule has 5 rings (SSSR count). The smallest absolute Gasteiger partial charge is 0.319 e. The van der Waals surface area contributed by atoms with Crippen molar-refractivity contribution in [3.05, 3.63) is 102 Å². The highest BCUT2D eigenvalue weighted by atomic mass is 16.5. The van der Waals surface area contributed by atoms with Gasteiger partial charge in [0.15, 0.2) is 0 Å². The van der Waals surface area contributed by atoms with E-state index in [0.29, 0.717) is 11.4 Å². The molecule has 1 unspecified atom stereocenters. The van der Waals surface area contributed by atoms with E-state index in [2.05, 4.69) is 46.0 Å². The van der Waals surface area contributed by atoms with Crippen LogP contribution in [0.2, 0.25) is 0 Å². The lowest BCUT2D eigenvalue weighted by Gasteiger charge is -2.19. The third kappa shape index (κ3) is 3.53. The van der Waals surface area contributed by atoms with Crippen LogP contribution >= 0.6 is 0 Å². The fraction of sp³-hybridized carbons (Fsp3) is 0.120. The molecule has 0 saturated heterocycles. The highest BCUT2D eigenvalue weighted by Crippen LogP contribution is 2.43. The highest BCUT2D eigenvalue weighted by molar-refractivity contribution is 5.92. The molecule has 2 aliphatic rings. The van der Waals surface area contributed by atoms with Crippen LogP contribution in [0.5, 0.6) is 5.75 Å². The van der Waals surface area contributed by atoms with Crippen LogP contribution in [-0.4, -0.2) is 22.7 Å². The van der Waals surface area contributed by atoms with E-state index in [1.54, 1.807) is 25.7 Å². The fourth-order valence-electron chi connectivity index (χ4n) is 4.19. The summed E-state index contributed by atoms with van der Waals surface area (Å²) in [5.74, 6) is 0.644. The first-order chi connectivity index (χ1) is 15.2. The molecule has 2 amide bonds. The Morgan fingerprint density at radius 3 is 2.94 bits per heavy atom. The second-order valence-electron chi connectivity index (χ2n) is 7.41. The zero-order valence-electron chi connectivity index (χ0n) is 17.1. The van der Waals surface area contributed by atoms with Crippen LogP contribution in [-0.2, 0) is 0 Å². The van der Waals surface area contributed by atoms with Crippen molar-refractivity contribution in [2.75, 3.05) is 12.4 Å². The van der Waals surface area contributed by atoms with Crippen molar-refractivity contribution in [3.8, 4) is 11.4 Å². The van der Waals surface area contributed by atoms with E-state index in [-0.39, 0.29) is 12.1 Å². The summed E-state index contributed by atoms with van der Waals surface area (Å²) in [7, 11) is 1.61. The van der Waals surface area contributed by atoms with E-state index in [1.807, 2.05) is 41.1 Å². The average Bonchev–Trinajstić information content (AvgIpc) is 3.34. The average molecular weight is 410 g/mol. The van der Waals surface area contributed by atoms with Gasteiger partial charge in [0, 0.05) is 24.1 Å². The van der Waals surface area contributed by atoms with E-state index in [1.165, 1.54) is 16.7 Å². The summed E-state index contributed by atoms with van der Waals surface area (Å²) in [6.07, 6.45) is 14.4. The molecule has 2 aromatic carbocycles. The monoisotopic (exact) mass is 410 g/mol. The normalized spacial score (nSPS) is 16.5. The maximum atomic E-state index is 12.9. The summed E-state index contributed by atoms with van der Waals surface area (Å²) < 4.78 is 7.37. The third-order valence-electron chi connectivity index (χ3n) is 5.60. The number of carbonyl (C=O) groups excluding carboxylic acids is 1. The number of aromatic nitrogens is 2. The SMILES string of the molecule is COc1cc(NC(=O)NC2C3=C(C=CC=CC3)c3ccccc32)ccc1-n1ccnc1. The molecule has 0 spiro atoms. The Bertz CT molecular complexity index is 1220. The number of rotatable bonds is 4. The van der Waals surface area contributed by atoms with Crippen LogP contribution in [0.25, 0.3) is 11.3 Å². The van der Waals surface area contributed by atoms with E-state index in [4.69, 9.17) is 4.74 Å². The lowest BCUT2D eigenvalue weighted by Crippen LogP contribution is -2.32. The molecular weight excluding hydrogens is 388 g/mol. The van der Waals surface area contributed by atoms with Crippen LogP contribution in [0.15, 0.2) is 91.1 Å². The van der Waals surface area contributed by atoms with Crippen LogP contribution in [0.4, 0.5) is 10.5 Å². The molecule has 1 heterocycles. The molecule has 2 N–H and O–H groups in total. The molecule has 6 heteroatoms. The number of hydrogen-bond donors (Lipinski definition) is 2. The minimum atomic E-state index is -0.261. The molecule has 2 aliphatic carbocycles. The van der Waals surface area contributed by atoms with Crippen LogP contribution in [0.1, 0.15) is 23.6 Å². The van der Waals surface area contributed by atoms with Crippen molar-refractivity contribution in [1.82, 2.24) is 14.9 Å². The third-order valence-corrected chi connectivity index (χ3v) is 5.60. The summed E-state index contributed by atoms with van der Waals surface area (Å²) >= 11 is 0. The van der Waals surface area contributed by atoms with Crippen molar-refractivity contribution in [2.24, 2.45) is 0 Å². The first-order valence-electron chi connectivity index (χ1n) is 10.1. The van der Waals surface area contributed by atoms with Gasteiger partial charge in [0.2, 0.25) is 0 Å². The Hall–Kier alpha value is -4.06. The Morgan fingerprint density at radius 2 is 2.10 bits per heavy atom. The number of carbonyl (C=O) groups is 1. The fourth-order valence-corrected chi connectivity index (χ4v) is 4.19. The summed E-state index contributed by atoms with van der Waals surface area (Å²) in [5.41, 5.74) is 6.19. The molecule has 0 saturated carbocycles. The number of hydrogen-bond acceptors (Lipinski definition) is 3. The molecule has 6 nitrogen and oxygen atoms in total. The highest BCUT2D eigenvalue weighted by Gasteiger charge is 2.30. The van der Waals surface area contributed by atoms with Gasteiger partial charge < -0.3 is 19.9 Å². The Kier molecular flexibility index (Phi) is 4.88. The molecule has 3 aromatic rings. The number of anilines is 1. The lowest BCUT2D eigenvalue weighted by molar-refractivity contribution is 0.250. The summed E-state index contributed by atoms with van der Waals surface area (Å²) in [6, 6.07) is 13.4. The van der Waals surface area contributed by atoms with Gasteiger partial charge in [-0.3, -0.25) is 0 Å². The maximum absolute atomic E-state index is 12.9. The van der Waals surface area contributed by atoms with E-state index in [9.17, 15) is 4.79 Å². The van der Waals surface area contributed by atoms with Gasteiger partial charge in [-0.1, -0.05) is 48.6 Å². The first-order valence-corrected chi connectivity index (χ1v) is 10.1. The zero-order valence-corrected chi connectivity index (χ0v) is 17.1. The van der Waals surface area contributed by atoms with Crippen molar-refractivity contribution >= 4 is 17.3 Å². The first kappa shape index (κ1) is 18.9. The Balaban J connectivity index is 1.38. The van der Waals surface area contributed by atoms with Crippen LogP contribution < -0.4 is 15.4 Å². The van der Waals surface area contributed by atoms with Gasteiger partial charge in [-0.15, -0.1) is 0 Å². The quantitative estimate of drug-likeness (QED) is 0.634. The molecule has 1 aromatic heterocycles. The molecule has 0 aliphatic heterocycles. The Morgan fingerprint density at radius 1 is 1.19 bits per heavy atom. The molecular formula is C25H22N4O2. The number of ether oxygens (including phenoxy) is 1. The predicted octanol–water partition coefficient (Wildman–Crippen LogP) is 5.03. The van der Waals surface area contributed by atoms with E-state index < -0.39 is 0 Å². The number of methoxy groups -OCH3 is 1. The van der Waals surface area contributed by atoms with Crippen molar-refractivity contribution in [1.29, 1.82) is 0 Å². The number of allylic oxidation sites excluding steroid dienone is 5. The standard InChI is InChI=1S/C25H22N4O2/c1-31-23-15-17(11-12-22(23)29-14-13-26-16-29)27-25(30)28-24-20-9-4-2-3-7-18(20)19-8-5-6-10-21(19)24/h2-8,10-16,24H,9H2,1H3,(H2,27,28,30). The van der Waals surface area contributed by atoms with E-state index in [0.717, 1.165) is 17.7 Å². The second-order valence-corrected chi connectivity index (χ2v) is 7.41. The molecule has 1 atom stereocenters. The largest absolute Gasteiger partial charge is 0.494 e. The number of nitrogens with one attached hydrogen (secondary N) is 2. The van der Waals surface area contributed by atoms with Gasteiger partial charge in [-0.2, -0.15) is 0 Å². The lowest BCUT2D eigenvalue weighted by atomic mass is 10.0. The molecule has 0 fully saturated rings. The van der Waals surface area contributed by atoms with Gasteiger partial charge in [0.25, 0.3) is 0 Å². The number of fused-ring (bicyclic) bond motifs is 2. The predicted molar refractivity (Wildman–Crippen MR) is 121 cm³/mol. The molecule has 31 heavy (non-hydrogen) atoms. The van der Waals surface area contributed by atoms with Gasteiger partial charge in [-0.05, 0) is 40.8 Å². The topological polar surface area (TPSA) is 68.2 Å². The second kappa shape index (κ2) is 7.99. The Labute approximate surface area is 180 Å². The van der Waals surface area contributed by atoms with Gasteiger partial charge in [0.1, 0.15) is 5.75 Å². The molecule has 154 valence electrons. The number of amides is 2.